The molecule has 0 radical (unpaired) electrons. The van der Waals surface area contributed by atoms with Gasteiger partial charge in [-0.15, -0.1) is 0 Å². The van der Waals surface area contributed by atoms with Crippen LogP contribution in [0.3, 0.4) is 0 Å². The molecule has 0 unspecified atom stereocenters. The number of aromatic nitrogens is 2. The van der Waals surface area contributed by atoms with Crippen molar-refractivity contribution in [2.24, 2.45) is 0 Å². The van der Waals surface area contributed by atoms with Crippen molar-refractivity contribution < 1.29 is 4.79 Å². The zero-order valence-corrected chi connectivity index (χ0v) is 18.4. The van der Waals surface area contributed by atoms with Gasteiger partial charge in [-0.1, -0.05) is 54.6 Å². The SMILES string of the molecule is CN1CCN(Cc2ccc(CNC(=O)c3ccc(=O)n(Cc4ccccc4)n3)cc2)CC1. The summed E-state index contributed by atoms with van der Waals surface area (Å²) >= 11 is 0. The van der Waals surface area contributed by atoms with Gasteiger partial charge in [-0.3, -0.25) is 14.5 Å². The van der Waals surface area contributed by atoms with Crippen LogP contribution >= 0.6 is 0 Å². The average molecular weight is 432 g/mol. The number of rotatable bonds is 7. The van der Waals surface area contributed by atoms with Gasteiger partial charge in [0.15, 0.2) is 0 Å². The summed E-state index contributed by atoms with van der Waals surface area (Å²) in [7, 11) is 2.16. The van der Waals surface area contributed by atoms with E-state index in [1.165, 1.54) is 22.4 Å². The van der Waals surface area contributed by atoms with Crippen LogP contribution in [-0.2, 0) is 19.6 Å². The summed E-state index contributed by atoms with van der Waals surface area (Å²) in [5.41, 5.74) is 3.25. The van der Waals surface area contributed by atoms with Crippen LogP contribution in [0.1, 0.15) is 27.2 Å². The van der Waals surface area contributed by atoms with Crippen LogP contribution in [0.5, 0.6) is 0 Å². The Morgan fingerprint density at radius 1 is 0.844 bits per heavy atom. The normalized spacial score (nSPS) is 14.9. The number of nitrogens with one attached hydrogen (secondary N) is 1. The lowest BCUT2D eigenvalue weighted by molar-refractivity contribution is 0.0943. The highest BCUT2D eigenvalue weighted by Gasteiger charge is 2.14. The van der Waals surface area contributed by atoms with E-state index in [0.717, 1.165) is 43.9 Å². The Bertz CT molecular complexity index is 1090. The lowest BCUT2D eigenvalue weighted by atomic mass is 10.1. The van der Waals surface area contributed by atoms with E-state index < -0.39 is 0 Å². The minimum absolute atomic E-state index is 0.229. The molecular formula is C25H29N5O2. The zero-order valence-electron chi connectivity index (χ0n) is 18.4. The molecule has 1 saturated heterocycles. The monoisotopic (exact) mass is 431 g/mol. The molecule has 0 bridgehead atoms. The molecular weight excluding hydrogens is 402 g/mol. The third kappa shape index (κ3) is 5.90. The molecule has 1 amide bonds. The molecule has 0 aliphatic carbocycles. The third-order valence-corrected chi connectivity index (χ3v) is 5.75. The highest BCUT2D eigenvalue weighted by molar-refractivity contribution is 5.91. The van der Waals surface area contributed by atoms with E-state index >= 15 is 0 Å². The zero-order chi connectivity index (χ0) is 22.3. The fourth-order valence-electron chi connectivity index (χ4n) is 3.74. The largest absolute Gasteiger partial charge is 0.347 e. The first-order valence-corrected chi connectivity index (χ1v) is 11.0. The number of hydrogen-bond donors (Lipinski definition) is 1. The molecule has 1 fully saturated rings. The molecule has 1 aliphatic rings. The van der Waals surface area contributed by atoms with E-state index in [1.54, 1.807) is 0 Å². The topological polar surface area (TPSA) is 70.5 Å². The van der Waals surface area contributed by atoms with Crippen LogP contribution in [0.4, 0.5) is 0 Å². The number of carbonyl (C=O) groups excluding carboxylic acids is 1. The third-order valence-electron chi connectivity index (χ3n) is 5.75. The highest BCUT2D eigenvalue weighted by Crippen LogP contribution is 2.10. The summed E-state index contributed by atoms with van der Waals surface area (Å²) in [5, 5.41) is 7.15. The van der Waals surface area contributed by atoms with Crippen LogP contribution < -0.4 is 10.9 Å². The van der Waals surface area contributed by atoms with Gasteiger partial charge in [0.25, 0.3) is 11.5 Å². The molecule has 2 aromatic carbocycles. The summed E-state index contributed by atoms with van der Waals surface area (Å²) in [4.78, 5) is 29.5. The van der Waals surface area contributed by atoms with Gasteiger partial charge in [-0.25, -0.2) is 4.68 Å². The second kappa shape index (κ2) is 10.3. The average Bonchev–Trinajstić information content (AvgIpc) is 2.82. The van der Waals surface area contributed by atoms with Crippen molar-refractivity contribution in [3.63, 3.8) is 0 Å². The summed E-state index contributed by atoms with van der Waals surface area (Å²) in [6.07, 6.45) is 0. The summed E-state index contributed by atoms with van der Waals surface area (Å²) in [6.45, 7) is 6.09. The maximum atomic E-state index is 12.6. The Balaban J connectivity index is 1.32. The standard InChI is InChI=1S/C25H29N5O2/c1-28-13-15-29(16-14-28)18-22-9-7-20(8-10-22)17-26-25(32)23-11-12-24(31)30(27-23)19-21-5-3-2-4-6-21/h2-12H,13-19H2,1H3,(H,26,32). The quantitative estimate of drug-likeness (QED) is 0.619. The van der Waals surface area contributed by atoms with Gasteiger partial charge in [-0.2, -0.15) is 5.10 Å². The van der Waals surface area contributed by atoms with E-state index in [4.69, 9.17) is 0 Å². The summed E-state index contributed by atoms with van der Waals surface area (Å²) in [6, 6.07) is 20.8. The summed E-state index contributed by atoms with van der Waals surface area (Å²) in [5.74, 6) is -0.298. The number of benzene rings is 2. The number of likely N-dealkylation sites (N-methyl/N-ethyl adjacent to an activating group) is 1. The van der Waals surface area contributed by atoms with Gasteiger partial charge < -0.3 is 10.2 Å². The molecule has 4 rings (SSSR count). The van der Waals surface area contributed by atoms with Gasteiger partial charge >= 0.3 is 0 Å². The van der Waals surface area contributed by atoms with E-state index in [2.05, 4.69) is 51.5 Å². The molecule has 1 aromatic heterocycles. The Morgan fingerprint density at radius 3 is 2.22 bits per heavy atom. The van der Waals surface area contributed by atoms with Crippen LogP contribution in [0.2, 0.25) is 0 Å². The number of nitrogens with zero attached hydrogens (tertiary/aromatic N) is 4. The smallest absolute Gasteiger partial charge is 0.271 e. The minimum atomic E-state index is -0.298. The van der Waals surface area contributed by atoms with Crippen LogP contribution in [-0.4, -0.2) is 58.7 Å². The minimum Gasteiger partial charge on any atom is -0.347 e. The molecule has 7 nitrogen and oxygen atoms in total. The number of hydrogen-bond acceptors (Lipinski definition) is 5. The maximum Gasteiger partial charge on any atom is 0.271 e. The maximum absolute atomic E-state index is 12.6. The molecule has 3 aromatic rings. The Morgan fingerprint density at radius 2 is 1.50 bits per heavy atom. The van der Waals surface area contributed by atoms with E-state index in [9.17, 15) is 9.59 Å². The first-order valence-electron chi connectivity index (χ1n) is 11.0. The van der Waals surface area contributed by atoms with Crippen LogP contribution in [0, 0.1) is 0 Å². The molecule has 0 saturated carbocycles. The van der Waals surface area contributed by atoms with Crippen molar-refractivity contribution in [2.45, 2.75) is 19.6 Å². The van der Waals surface area contributed by atoms with E-state index in [-0.39, 0.29) is 17.2 Å². The van der Waals surface area contributed by atoms with Gasteiger partial charge in [-0.05, 0) is 29.8 Å². The van der Waals surface area contributed by atoms with Crippen LogP contribution in [0.25, 0.3) is 0 Å². The molecule has 0 atom stereocenters. The van der Waals surface area contributed by atoms with E-state index in [1.807, 2.05) is 30.3 Å². The second-order valence-corrected chi connectivity index (χ2v) is 8.28. The number of carbonyl (C=O) groups is 1. The Kier molecular flexibility index (Phi) is 7.09. The van der Waals surface area contributed by atoms with Crippen molar-refractivity contribution in [1.82, 2.24) is 24.9 Å². The van der Waals surface area contributed by atoms with Crippen LogP contribution in [0.15, 0.2) is 71.5 Å². The molecule has 32 heavy (non-hydrogen) atoms. The van der Waals surface area contributed by atoms with E-state index in [0.29, 0.717) is 13.1 Å². The number of piperazine rings is 1. The van der Waals surface area contributed by atoms with Crippen molar-refractivity contribution in [2.75, 3.05) is 33.2 Å². The molecule has 1 N–H and O–H groups in total. The van der Waals surface area contributed by atoms with Crippen molar-refractivity contribution >= 4 is 5.91 Å². The van der Waals surface area contributed by atoms with Crippen molar-refractivity contribution in [3.8, 4) is 0 Å². The second-order valence-electron chi connectivity index (χ2n) is 8.28. The predicted octanol–water partition coefficient (Wildman–Crippen LogP) is 1.97. The first-order chi connectivity index (χ1) is 15.6. The summed E-state index contributed by atoms with van der Waals surface area (Å²) < 4.78 is 1.32. The fourth-order valence-corrected chi connectivity index (χ4v) is 3.74. The lowest BCUT2D eigenvalue weighted by Crippen LogP contribution is -2.43. The molecule has 7 heteroatoms. The first kappa shape index (κ1) is 21.9. The Hall–Kier alpha value is -3.29. The molecule has 1 aliphatic heterocycles. The predicted molar refractivity (Wildman–Crippen MR) is 124 cm³/mol. The van der Waals surface area contributed by atoms with Crippen molar-refractivity contribution in [1.29, 1.82) is 0 Å². The Labute approximate surface area is 188 Å². The highest BCUT2D eigenvalue weighted by atomic mass is 16.2. The van der Waals surface area contributed by atoms with Gasteiger partial charge in [0.1, 0.15) is 5.69 Å². The van der Waals surface area contributed by atoms with Crippen molar-refractivity contribution in [3.05, 3.63) is 99.5 Å². The molecule has 0 spiro atoms. The van der Waals surface area contributed by atoms with Gasteiger partial charge in [0.2, 0.25) is 0 Å². The number of amides is 1. The fraction of sp³-hybridized carbons (Fsp3) is 0.320. The lowest BCUT2D eigenvalue weighted by Gasteiger charge is -2.32. The van der Waals surface area contributed by atoms with Gasteiger partial charge in [0.05, 0.1) is 6.54 Å². The molecule has 2 heterocycles. The van der Waals surface area contributed by atoms with Gasteiger partial charge in [0, 0.05) is 45.3 Å². The molecule has 166 valence electrons.